The molecule has 0 radical (unpaired) electrons. The Labute approximate surface area is 71.5 Å². The Morgan fingerprint density at radius 3 is 2.64 bits per heavy atom. The zero-order valence-corrected chi connectivity index (χ0v) is 7.74. The van der Waals surface area contributed by atoms with Gasteiger partial charge < -0.3 is 5.73 Å². The largest absolute Gasteiger partial charge is 0.320 e. The van der Waals surface area contributed by atoms with E-state index in [0.29, 0.717) is 0 Å². The molecule has 1 aromatic heterocycles. The van der Waals surface area contributed by atoms with Crippen LogP contribution < -0.4 is 5.73 Å². The highest BCUT2D eigenvalue weighted by Crippen LogP contribution is 2.25. The van der Waals surface area contributed by atoms with Gasteiger partial charge in [-0.25, -0.2) is 0 Å². The molecule has 0 aromatic carbocycles. The third kappa shape index (κ3) is 1.70. The summed E-state index contributed by atoms with van der Waals surface area (Å²) < 4.78 is 0. The molecule has 0 unspecified atom stereocenters. The SMILES string of the molecule is C=C[C@@H](N)c1cc(C)c(C)s1. The molecule has 0 saturated heterocycles. The van der Waals surface area contributed by atoms with Gasteiger partial charge in [0.1, 0.15) is 0 Å². The number of rotatable bonds is 2. The summed E-state index contributed by atoms with van der Waals surface area (Å²) in [7, 11) is 0. The lowest BCUT2D eigenvalue weighted by Gasteiger charge is -1.99. The zero-order chi connectivity index (χ0) is 8.43. The first-order chi connectivity index (χ1) is 5.15. The van der Waals surface area contributed by atoms with Crippen molar-refractivity contribution in [3.63, 3.8) is 0 Å². The number of hydrogen-bond donors (Lipinski definition) is 1. The van der Waals surface area contributed by atoms with Crippen molar-refractivity contribution in [1.82, 2.24) is 0 Å². The topological polar surface area (TPSA) is 26.0 Å². The van der Waals surface area contributed by atoms with Crippen molar-refractivity contribution in [2.45, 2.75) is 19.9 Å². The number of nitrogens with two attached hydrogens (primary N) is 1. The van der Waals surface area contributed by atoms with Gasteiger partial charge >= 0.3 is 0 Å². The predicted molar refractivity (Wildman–Crippen MR) is 50.9 cm³/mol. The van der Waals surface area contributed by atoms with E-state index in [0.717, 1.165) is 0 Å². The summed E-state index contributed by atoms with van der Waals surface area (Å²) in [6, 6.07) is 2.14. The maximum absolute atomic E-state index is 5.77. The van der Waals surface area contributed by atoms with Gasteiger partial charge in [0, 0.05) is 9.75 Å². The summed E-state index contributed by atoms with van der Waals surface area (Å²) in [6.07, 6.45) is 1.77. The van der Waals surface area contributed by atoms with Crippen molar-refractivity contribution in [3.05, 3.63) is 34.0 Å². The zero-order valence-electron chi connectivity index (χ0n) is 6.92. The molecule has 0 fully saturated rings. The minimum Gasteiger partial charge on any atom is -0.320 e. The second-order valence-corrected chi connectivity index (χ2v) is 3.94. The van der Waals surface area contributed by atoms with Crippen LogP contribution in [0.5, 0.6) is 0 Å². The molecule has 1 heterocycles. The smallest absolute Gasteiger partial charge is 0.0573 e. The van der Waals surface area contributed by atoms with E-state index in [1.54, 1.807) is 17.4 Å². The average molecular weight is 167 g/mol. The second kappa shape index (κ2) is 3.20. The molecule has 0 saturated carbocycles. The molecule has 0 aliphatic heterocycles. The summed E-state index contributed by atoms with van der Waals surface area (Å²) in [5.41, 5.74) is 7.09. The van der Waals surface area contributed by atoms with E-state index >= 15 is 0 Å². The summed E-state index contributed by atoms with van der Waals surface area (Å²) in [4.78, 5) is 2.55. The lowest BCUT2D eigenvalue weighted by molar-refractivity contribution is 0.939. The van der Waals surface area contributed by atoms with Crippen LogP contribution in [0.15, 0.2) is 18.7 Å². The van der Waals surface area contributed by atoms with Gasteiger partial charge in [0.05, 0.1) is 6.04 Å². The summed E-state index contributed by atoms with van der Waals surface area (Å²) >= 11 is 1.75. The van der Waals surface area contributed by atoms with Crippen molar-refractivity contribution < 1.29 is 0 Å². The molecule has 2 heteroatoms. The highest BCUT2D eigenvalue weighted by Gasteiger charge is 2.05. The normalized spacial score (nSPS) is 13.0. The van der Waals surface area contributed by atoms with Crippen molar-refractivity contribution in [2.75, 3.05) is 0 Å². The minimum atomic E-state index is 0.00685. The molecule has 1 nitrogen and oxygen atoms in total. The molecule has 1 atom stereocenters. The van der Waals surface area contributed by atoms with Crippen LogP contribution >= 0.6 is 11.3 Å². The van der Waals surface area contributed by atoms with Crippen LogP contribution in [0.2, 0.25) is 0 Å². The lowest BCUT2D eigenvalue weighted by Crippen LogP contribution is -2.03. The third-order valence-electron chi connectivity index (χ3n) is 1.77. The Morgan fingerprint density at radius 2 is 2.27 bits per heavy atom. The molecule has 0 spiro atoms. The van der Waals surface area contributed by atoms with Gasteiger partial charge in [0.25, 0.3) is 0 Å². The Hall–Kier alpha value is -0.600. The molecule has 60 valence electrons. The Balaban J connectivity index is 2.96. The highest BCUT2D eigenvalue weighted by atomic mass is 32.1. The fraction of sp³-hybridized carbons (Fsp3) is 0.333. The molecule has 0 aliphatic carbocycles. The molecule has 11 heavy (non-hydrogen) atoms. The van der Waals surface area contributed by atoms with Gasteiger partial charge in [0.15, 0.2) is 0 Å². The van der Waals surface area contributed by atoms with Crippen LogP contribution in [-0.4, -0.2) is 0 Å². The quantitative estimate of drug-likeness (QED) is 0.673. The van der Waals surface area contributed by atoms with Crippen molar-refractivity contribution >= 4 is 11.3 Å². The first kappa shape index (κ1) is 8.50. The summed E-state index contributed by atoms with van der Waals surface area (Å²) in [6.45, 7) is 7.87. The highest BCUT2D eigenvalue weighted by molar-refractivity contribution is 7.12. The van der Waals surface area contributed by atoms with Crippen LogP contribution in [0, 0.1) is 13.8 Å². The maximum Gasteiger partial charge on any atom is 0.0573 e. The maximum atomic E-state index is 5.77. The van der Waals surface area contributed by atoms with E-state index in [4.69, 9.17) is 5.73 Å². The van der Waals surface area contributed by atoms with Crippen LogP contribution in [0.1, 0.15) is 21.4 Å². The molecule has 1 rings (SSSR count). The van der Waals surface area contributed by atoms with Gasteiger partial charge in [0.2, 0.25) is 0 Å². The molecule has 0 aliphatic rings. The van der Waals surface area contributed by atoms with Crippen molar-refractivity contribution in [1.29, 1.82) is 0 Å². The van der Waals surface area contributed by atoms with E-state index in [1.165, 1.54) is 15.3 Å². The lowest BCUT2D eigenvalue weighted by atomic mass is 10.2. The Morgan fingerprint density at radius 1 is 1.64 bits per heavy atom. The molecular formula is C9H13NS. The summed E-state index contributed by atoms with van der Waals surface area (Å²) in [5.74, 6) is 0. The third-order valence-corrected chi connectivity index (χ3v) is 3.02. The van der Waals surface area contributed by atoms with Crippen LogP contribution in [0.3, 0.4) is 0 Å². The van der Waals surface area contributed by atoms with Crippen molar-refractivity contribution in [2.24, 2.45) is 5.73 Å². The van der Waals surface area contributed by atoms with Gasteiger partial charge in [-0.3, -0.25) is 0 Å². The van der Waals surface area contributed by atoms with Gasteiger partial charge in [-0.2, -0.15) is 0 Å². The number of thiophene rings is 1. The molecule has 0 bridgehead atoms. The molecule has 2 N–H and O–H groups in total. The van der Waals surface area contributed by atoms with Crippen LogP contribution in [0.25, 0.3) is 0 Å². The van der Waals surface area contributed by atoms with Crippen LogP contribution in [0.4, 0.5) is 0 Å². The van der Waals surface area contributed by atoms with Crippen LogP contribution in [-0.2, 0) is 0 Å². The van der Waals surface area contributed by atoms with E-state index in [-0.39, 0.29) is 6.04 Å². The van der Waals surface area contributed by atoms with Gasteiger partial charge in [-0.15, -0.1) is 17.9 Å². The predicted octanol–water partition coefficient (Wildman–Crippen LogP) is 2.55. The Bertz CT molecular complexity index is 243. The van der Waals surface area contributed by atoms with E-state index in [2.05, 4.69) is 26.5 Å². The number of aryl methyl sites for hydroxylation is 2. The molecule has 1 aromatic rings. The van der Waals surface area contributed by atoms with E-state index in [1.807, 2.05) is 0 Å². The molecular weight excluding hydrogens is 154 g/mol. The second-order valence-electron chi connectivity index (χ2n) is 2.65. The first-order valence-electron chi connectivity index (χ1n) is 3.60. The van der Waals surface area contributed by atoms with E-state index < -0.39 is 0 Å². The van der Waals surface area contributed by atoms with Gasteiger partial charge in [-0.05, 0) is 25.5 Å². The summed E-state index contributed by atoms with van der Waals surface area (Å²) in [5, 5.41) is 0. The number of hydrogen-bond acceptors (Lipinski definition) is 2. The minimum absolute atomic E-state index is 0.00685. The fourth-order valence-corrected chi connectivity index (χ4v) is 1.92. The first-order valence-corrected chi connectivity index (χ1v) is 4.42. The average Bonchev–Trinajstić information content (AvgIpc) is 2.31. The van der Waals surface area contributed by atoms with E-state index in [9.17, 15) is 0 Å². The standard InChI is InChI=1S/C9H13NS/c1-4-8(10)9-5-6(2)7(3)11-9/h4-5,8H,1,10H2,2-3H3/t8-/m1/s1. The monoisotopic (exact) mass is 167 g/mol. The Kier molecular flexibility index (Phi) is 2.47. The fourth-order valence-electron chi connectivity index (χ4n) is 0.882. The van der Waals surface area contributed by atoms with Crippen molar-refractivity contribution in [3.8, 4) is 0 Å². The van der Waals surface area contributed by atoms with Gasteiger partial charge in [-0.1, -0.05) is 6.08 Å². The molecule has 0 amide bonds.